The van der Waals surface area contributed by atoms with Crippen LogP contribution >= 0.6 is 0 Å². The molecule has 1 aromatic rings. The van der Waals surface area contributed by atoms with Gasteiger partial charge in [0.1, 0.15) is 11.9 Å². The van der Waals surface area contributed by atoms with E-state index in [1.807, 2.05) is 0 Å². The Morgan fingerprint density at radius 1 is 1.52 bits per heavy atom. The van der Waals surface area contributed by atoms with Crippen molar-refractivity contribution in [3.8, 4) is 6.07 Å². The third-order valence-electron chi connectivity index (χ3n) is 2.61. The van der Waals surface area contributed by atoms with Gasteiger partial charge in [-0.3, -0.25) is 9.52 Å². The topological polar surface area (TPSA) is 99.5 Å². The molecular formula is C12H14FN3O4S. The van der Waals surface area contributed by atoms with Gasteiger partial charge >= 0.3 is 16.2 Å². The Morgan fingerprint density at radius 3 is 2.76 bits per heavy atom. The Labute approximate surface area is 122 Å². The van der Waals surface area contributed by atoms with E-state index in [1.165, 1.54) is 14.2 Å². The van der Waals surface area contributed by atoms with Gasteiger partial charge in [-0.15, -0.1) is 0 Å². The van der Waals surface area contributed by atoms with E-state index < -0.39 is 22.0 Å². The Balaban J connectivity index is 2.86. The number of nitrogens with one attached hydrogen (secondary N) is 1. The summed E-state index contributed by atoms with van der Waals surface area (Å²) in [6.07, 6.45) is -0.109. The molecule has 9 heteroatoms. The fourth-order valence-electron chi connectivity index (χ4n) is 1.39. The summed E-state index contributed by atoms with van der Waals surface area (Å²) in [5.41, 5.74) is -0.177. The maximum Gasteiger partial charge on any atom is 0.306 e. The van der Waals surface area contributed by atoms with E-state index in [4.69, 9.17) is 5.26 Å². The van der Waals surface area contributed by atoms with Crippen LogP contribution < -0.4 is 4.72 Å². The number of benzene rings is 1. The van der Waals surface area contributed by atoms with E-state index in [0.29, 0.717) is 0 Å². The van der Waals surface area contributed by atoms with E-state index in [-0.39, 0.29) is 24.2 Å². The fourth-order valence-corrected chi connectivity index (χ4v) is 2.33. The molecule has 0 aliphatic heterocycles. The Kier molecular flexibility index (Phi) is 5.63. The van der Waals surface area contributed by atoms with Gasteiger partial charge in [0.2, 0.25) is 0 Å². The highest BCUT2D eigenvalue weighted by atomic mass is 32.2. The molecule has 0 aromatic heterocycles. The second kappa shape index (κ2) is 7.01. The molecule has 0 aliphatic carbocycles. The van der Waals surface area contributed by atoms with Gasteiger partial charge in [0.25, 0.3) is 0 Å². The van der Waals surface area contributed by atoms with Gasteiger partial charge in [0.05, 0.1) is 24.8 Å². The number of carbonyl (C=O) groups excluding carboxylic acids is 1. The Bertz CT molecular complexity index is 670. The normalized spacial score (nSPS) is 11.0. The molecule has 0 amide bonds. The predicted octanol–water partition coefficient (Wildman–Crippen LogP) is 0.849. The van der Waals surface area contributed by atoms with Crippen molar-refractivity contribution in [2.24, 2.45) is 0 Å². The minimum absolute atomic E-state index is 0.0381. The number of esters is 1. The van der Waals surface area contributed by atoms with Crippen LogP contribution in [0.5, 0.6) is 0 Å². The number of hydrogen-bond donors (Lipinski definition) is 1. The zero-order valence-electron chi connectivity index (χ0n) is 11.5. The van der Waals surface area contributed by atoms with Crippen molar-refractivity contribution in [3.05, 3.63) is 29.6 Å². The first-order valence-corrected chi connectivity index (χ1v) is 7.24. The molecule has 0 aliphatic rings. The van der Waals surface area contributed by atoms with Crippen LogP contribution in [0.4, 0.5) is 10.1 Å². The molecule has 1 rings (SSSR count). The second-order valence-electron chi connectivity index (χ2n) is 4.06. The SMILES string of the molecule is COC(=O)CCN(C)S(=O)(=O)Nc1ccc(F)cc1C#N. The lowest BCUT2D eigenvalue weighted by Crippen LogP contribution is -2.34. The molecular weight excluding hydrogens is 301 g/mol. The highest BCUT2D eigenvalue weighted by Crippen LogP contribution is 2.18. The second-order valence-corrected chi connectivity index (χ2v) is 5.83. The lowest BCUT2D eigenvalue weighted by atomic mass is 10.2. The van der Waals surface area contributed by atoms with Crippen molar-refractivity contribution >= 4 is 21.9 Å². The van der Waals surface area contributed by atoms with Crippen LogP contribution in [0.25, 0.3) is 0 Å². The average molecular weight is 315 g/mol. The van der Waals surface area contributed by atoms with Crippen LogP contribution in [-0.4, -0.2) is 39.4 Å². The maximum atomic E-state index is 13.0. The van der Waals surface area contributed by atoms with Gasteiger partial charge in [-0.05, 0) is 18.2 Å². The lowest BCUT2D eigenvalue weighted by molar-refractivity contribution is -0.140. The Hall–Kier alpha value is -2.18. The largest absolute Gasteiger partial charge is 0.469 e. The average Bonchev–Trinajstić information content (AvgIpc) is 2.45. The number of rotatable bonds is 6. The van der Waals surface area contributed by atoms with Gasteiger partial charge < -0.3 is 4.74 Å². The molecule has 0 bridgehead atoms. The third-order valence-corrected chi connectivity index (χ3v) is 4.09. The Morgan fingerprint density at radius 2 is 2.19 bits per heavy atom. The number of carbonyl (C=O) groups is 1. The van der Waals surface area contributed by atoms with Crippen molar-refractivity contribution in [2.75, 3.05) is 25.4 Å². The number of hydrogen-bond acceptors (Lipinski definition) is 5. The zero-order valence-corrected chi connectivity index (χ0v) is 12.3. The van der Waals surface area contributed by atoms with Gasteiger partial charge in [-0.1, -0.05) is 0 Å². The van der Waals surface area contributed by atoms with Crippen molar-refractivity contribution in [1.29, 1.82) is 5.26 Å². The summed E-state index contributed by atoms with van der Waals surface area (Å²) in [4.78, 5) is 11.0. The van der Waals surface area contributed by atoms with E-state index in [0.717, 1.165) is 22.5 Å². The maximum absolute atomic E-state index is 13.0. The first-order chi connectivity index (χ1) is 9.80. The van der Waals surface area contributed by atoms with E-state index >= 15 is 0 Å². The lowest BCUT2D eigenvalue weighted by Gasteiger charge is -2.18. The molecule has 114 valence electrons. The number of methoxy groups -OCH3 is 1. The van der Waals surface area contributed by atoms with Gasteiger partial charge in [-0.2, -0.15) is 18.0 Å². The summed E-state index contributed by atoms with van der Waals surface area (Å²) < 4.78 is 44.5. The van der Waals surface area contributed by atoms with Crippen LogP contribution in [0.3, 0.4) is 0 Å². The number of anilines is 1. The van der Waals surface area contributed by atoms with Gasteiger partial charge in [-0.25, -0.2) is 4.39 Å². The number of halogens is 1. The molecule has 7 nitrogen and oxygen atoms in total. The van der Waals surface area contributed by atoms with Crippen LogP contribution in [0.1, 0.15) is 12.0 Å². The van der Waals surface area contributed by atoms with Crippen LogP contribution in [-0.2, 0) is 19.7 Å². The molecule has 0 saturated carbocycles. The molecule has 0 fully saturated rings. The summed E-state index contributed by atoms with van der Waals surface area (Å²) in [6, 6.07) is 4.81. The minimum Gasteiger partial charge on any atom is -0.469 e. The van der Waals surface area contributed by atoms with Gasteiger partial charge in [0, 0.05) is 13.6 Å². The van der Waals surface area contributed by atoms with Crippen LogP contribution in [0.15, 0.2) is 18.2 Å². The number of nitrogens with zero attached hydrogens (tertiary/aromatic N) is 2. The molecule has 21 heavy (non-hydrogen) atoms. The molecule has 0 spiro atoms. The zero-order chi connectivity index (χ0) is 16.0. The van der Waals surface area contributed by atoms with Gasteiger partial charge in [0.15, 0.2) is 0 Å². The third kappa shape index (κ3) is 4.70. The minimum atomic E-state index is -3.96. The summed E-state index contributed by atoms with van der Waals surface area (Å²) in [5, 5.41) is 8.86. The van der Waals surface area contributed by atoms with Crippen LogP contribution in [0.2, 0.25) is 0 Å². The summed E-state index contributed by atoms with van der Waals surface area (Å²) >= 11 is 0. The van der Waals surface area contributed by atoms with E-state index in [2.05, 4.69) is 9.46 Å². The molecule has 1 N–H and O–H groups in total. The standard InChI is InChI=1S/C12H14FN3O4S/c1-16(6-5-12(17)20-2)21(18,19)15-11-4-3-10(13)7-9(11)8-14/h3-4,7,15H,5-6H2,1-2H3. The first-order valence-electron chi connectivity index (χ1n) is 5.80. The smallest absolute Gasteiger partial charge is 0.306 e. The summed E-state index contributed by atoms with van der Waals surface area (Å²) in [6.45, 7) is -0.0922. The summed E-state index contributed by atoms with van der Waals surface area (Å²) in [7, 11) is -1.49. The van der Waals surface area contributed by atoms with Crippen molar-refractivity contribution in [1.82, 2.24) is 4.31 Å². The molecule has 0 heterocycles. The van der Waals surface area contributed by atoms with Crippen molar-refractivity contribution < 1.29 is 22.3 Å². The first kappa shape index (κ1) is 16.9. The molecule has 0 unspecified atom stereocenters. The number of nitriles is 1. The van der Waals surface area contributed by atoms with E-state index in [9.17, 15) is 17.6 Å². The quantitative estimate of drug-likeness (QED) is 0.784. The highest BCUT2D eigenvalue weighted by molar-refractivity contribution is 7.90. The molecule has 0 saturated heterocycles. The fraction of sp³-hybridized carbons (Fsp3) is 0.333. The van der Waals surface area contributed by atoms with Crippen LogP contribution in [0, 0.1) is 17.1 Å². The molecule has 0 atom stereocenters. The predicted molar refractivity (Wildman–Crippen MR) is 72.9 cm³/mol. The molecule has 1 aromatic carbocycles. The van der Waals surface area contributed by atoms with Crippen molar-refractivity contribution in [3.63, 3.8) is 0 Å². The summed E-state index contributed by atoms with van der Waals surface area (Å²) in [5.74, 6) is -1.19. The van der Waals surface area contributed by atoms with E-state index in [1.54, 1.807) is 6.07 Å². The monoisotopic (exact) mass is 315 g/mol. The highest BCUT2D eigenvalue weighted by Gasteiger charge is 2.20. The van der Waals surface area contributed by atoms with Crippen molar-refractivity contribution in [2.45, 2.75) is 6.42 Å². The number of ether oxygens (including phenoxy) is 1. The molecule has 0 radical (unpaired) electrons.